The van der Waals surface area contributed by atoms with Gasteiger partial charge in [-0.3, -0.25) is 9.48 Å². The van der Waals surface area contributed by atoms with E-state index in [1.54, 1.807) is 29.1 Å². The Labute approximate surface area is 105 Å². The van der Waals surface area contributed by atoms with Crippen molar-refractivity contribution >= 4 is 17.3 Å². The Hall–Kier alpha value is -2.50. The molecule has 1 amide bonds. The fourth-order valence-corrected chi connectivity index (χ4v) is 1.65. The molecule has 0 saturated carbocycles. The van der Waals surface area contributed by atoms with Gasteiger partial charge in [0.05, 0.1) is 17.8 Å². The van der Waals surface area contributed by atoms with Gasteiger partial charge >= 0.3 is 0 Å². The van der Waals surface area contributed by atoms with Gasteiger partial charge in [-0.15, -0.1) is 0 Å². The maximum absolute atomic E-state index is 11.2. The van der Waals surface area contributed by atoms with Crippen LogP contribution in [0, 0.1) is 0 Å². The third-order valence-corrected chi connectivity index (χ3v) is 2.71. The average molecular weight is 245 g/mol. The molecule has 2 aromatic rings. The highest BCUT2D eigenvalue weighted by molar-refractivity contribution is 5.98. The predicted octanol–water partition coefficient (Wildman–Crippen LogP) is 0.713. The van der Waals surface area contributed by atoms with Crippen molar-refractivity contribution in [2.45, 2.75) is 6.54 Å². The van der Waals surface area contributed by atoms with Crippen molar-refractivity contribution < 1.29 is 4.79 Å². The molecule has 0 bridgehead atoms. The molecule has 6 heteroatoms. The minimum atomic E-state index is -0.531. The molecule has 0 aliphatic rings. The minimum absolute atomic E-state index is 0.324. The number of primary amides is 1. The van der Waals surface area contributed by atoms with Gasteiger partial charge in [-0.2, -0.15) is 5.10 Å². The summed E-state index contributed by atoms with van der Waals surface area (Å²) in [4.78, 5) is 11.2. The number of anilines is 2. The number of carbonyl (C=O) groups excluding carboxylic acids is 1. The summed E-state index contributed by atoms with van der Waals surface area (Å²) in [5, 5.41) is 7.26. The Balaban J connectivity index is 2.13. The van der Waals surface area contributed by atoms with Crippen LogP contribution in [0.3, 0.4) is 0 Å². The molecule has 0 fully saturated rings. The van der Waals surface area contributed by atoms with E-state index >= 15 is 0 Å². The molecule has 2 rings (SSSR count). The van der Waals surface area contributed by atoms with Crippen molar-refractivity contribution in [3.63, 3.8) is 0 Å². The Morgan fingerprint density at radius 3 is 2.83 bits per heavy atom. The highest BCUT2D eigenvalue weighted by Crippen LogP contribution is 2.17. The maximum atomic E-state index is 11.2. The first-order valence-corrected chi connectivity index (χ1v) is 5.48. The maximum Gasteiger partial charge on any atom is 0.250 e. The molecular formula is C12H15N5O. The second-order valence-corrected chi connectivity index (χ2v) is 3.97. The quantitative estimate of drug-likeness (QED) is 0.691. The van der Waals surface area contributed by atoms with Gasteiger partial charge in [0.2, 0.25) is 0 Å². The molecule has 94 valence electrons. The summed E-state index contributed by atoms with van der Waals surface area (Å²) in [5.41, 5.74) is 13.4. The van der Waals surface area contributed by atoms with Crippen LogP contribution in [0.15, 0.2) is 30.5 Å². The number of nitrogen functional groups attached to an aromatic ring is 1. The first-order chi connectivity index (χ1) is 8.58. The van der Waals surface area contributed by atoms with E-state index in [1.807, 2.05) is 13.1 Å². The van der Waals surface area contributed by atoms with Gasteiger partial charge in [-0.05, 0) is 24.3 Å². The van der Waals surface area contributed by atoms with Crippen molar-refractivity contribution in [1.82, 2.24) is 9.78 Å². The molecule has 1 heterocycles. The zero-order valence-electron chi connectivity index (χ0n) is 10.1. The molecule has 0 radical (unpaired) electrons. The van der Waals surface area contributed by atoms with Crippen molar-refractivity contribution in [2.75, 3.05) is 11.1 Å². The number of rotatable bonds is 4. The van der Waals surface area contributed by atoms with Gasteiger partial charge in [-0.25, -0.2) is 0 Å². The van der Waals surface area contributed by atoms with Crippen molar-refractivity contribution in [2.24, 2.45) is 12.8 Å². The van der Waals surface area contributed by atoms with Crippen LogP contribution >= 0.6 is 0 Å². The van der Waals surface area contributed by atoms with Crippen LogP contribution in [0.25, 0.3) is 0 Å². The van der Waals surface area contributed by atoms with Gasteiger partial charge < -0.3 is 16.8 Å². The number of benzene rings is 1. The number of aryl methyl sites for hydroxylation is 1. The summed E-state index contributed by atoms with van der Waals surface area (Å²) in [5.74, 6) is -0.531. The second kappa shape index (κ2) is 4.79. The van der Waals surface area contributed by atoms with Crippen LogP contribution in [-0.2, 0) is 13.6 Å². The Morgan fingerprint density at radius 2 is 2.22 bits per heavy atom. The van der Waals surface area contributed by atoms with Crippen LogP contribution in [0.4, 0.5) is 11.4 Å². The average Bonchev–Trinajstić information content (AvgIpc) is 2.73. The lowest BCUT2D eigenvalue weighted by atomic mass is 10.1. The van der Waals surface area contributed by atoms with Crippen LogP contribution in [-0.4, -0.2) is 15.7 Å². The normalized spacial score (nSPS) is 10.3. The third-order valence-electron chi connectivity index (χ3n) is 2.71. The number of hydrogen-bond acceptors (Lipinski definition) is 4. The predicted molar refractivity (Wildman–Crippen MR) is 69.9 cm³/mol. The third kappa shape index (κ3) is 2.42. The number of hydrogen-bond donors (Lipinski definition) is 3. The van der Waals surface area contributed by atoms with Gasteiger partial charge in [0.1, 0.15) is 0 Å². The lowest BCUT2D eigenvalue weighted by molar-refractivity contribution is 0.100. The van der Waals surface area contributed by atoms with Crippen molar-refractivity contribution in [3.05, 3.63) is 41.7 Å². The molecule has 1 aromatic carbocycles. The lowest BCUT2D eigenvalue weighted by Crippen LogP contribution is -2.14. The Morgan fingerprint density at radius 1 is 1.44 bits per heavy atom. The SMILES string of the molecule is Cn1nccc1CNc1ccc(N)c(C(N)=O)c1. The van der Waals surface area contributed by atoms with Crippen LogP contribution in [0.1, 0.15) is 16.1 Å². The highest BCUT2D eigenvalue weighted by Gasteiger charge is 2.07. The second-order valence-electron chi connectivity index (χ2n) is 3.97. The number of nitrogens with zero attached hydrogens (tertiary/aromatic N) is 2. The van der Waals surface area contributed by atoms with E-state index in [9.17, 15) is 4.79 Å². The molecule has 0 spiro atoms. The summed E-state index contributed by atoms with van der Waals surface area (Å²) < 4.78 is 1.78. The minimum Gasteiger partial charge on any atom is -0.398 e. The lowest BCUT2D eigenvalue weighted by Gasteiger charge is -2.09. The van der Waals surface area contributed by atoms with E-state index in [1.165, 1.54) is 0 Å². The Kier molecular flexibility index (Phi) is 3.18. The molecule has 0 atom stereocenters. The van der Waals surface area contributed by atoms with Crippen LogP contribution in [0.2, 0.25) is 0 Å². The number of carbonyl (C=O) groups is 1. The summed E-state index contributed by atoms with van der Waals surface area (Å²) >= 11 is 0. The number of amides is 1. The molecule has 0 saturated heterocycles. The molecule has 18 heavy (non-hydrogen) atoms. The molecule has 1 aromatic heterocycles. The van der Waals surface area contributed by atoms with Gasteiger partial charge in [0.25, 0.3) is 5.91 Å². The molecule has 5 N–H and O–H groups in total. The Bertz CT molecular complexity index is 576. The molecule has 6 nitrogen and oxygen atoms in total. The fraction of sp³-hybridized carbons (Fsp3) is 0.167. The largest absolute Gasteiger partial charge is 0.398 e. The van der Waals surface area contributed by atoms with Crippen LogP contribution in [0.5, 0.6) is 0 Å². The molecular weight excluding hydrogens is 230 g/mol. The van der Waals surface area contributed by atoms with E-state index in [2.05, 4.69) is 10.4 Å². The molecule has 0 aliphatic heterocycles. The summed E-state index contributed by atoms with van der Waals surface area (Å²) in [6, 6.07) is 7.02. The zero-order valence-corrected chi connectivity index (χ0v) is 10.1. The van der Waals surface area contributed by atoms with Gasteiger partial charge in [0, 0.05) is 24.6 Å². The first-order valence-electron chi connectivity index (χ1n) is 5.48. The zero-order chi connectivity index (χ0) is 13.1. The summed E-state index contributed by atoms with van der Waals surface area (Å²) in [7, 11) is 1.87. The van der Waals surface area contributed by atoms with Crippen LogP contribution < -0.4 is 16.8 Å². The summed E-state index contributed by atoms with van der Waals surface area (Å²) in [6.45, 7) is 0.610. The molecule has 0 unspecified atom stereocenters. The van der Waals surface area contributed by atoms with Crippen molar-refractivity contribution in [1.29, 1.82) is 0 Å². The standard InChI is InChI=1S/C12H15N5O/c1-17-9(4-5-16-17)7-15-8-2-3-11(13)10(6-8)12(14)18/h2-6,15H,7,13H2,1H3,(H2,14,18). The van der Waals surface area contributed by atoms with Crippen molar-refractivity contribution in [3.8, 4) is 0 Å². The fourth-order valence-electron chi connectivity index (χ4n) is 1.65. The van der Waals surface area contributed by atoms with E-state index in [4.69, 9.17) is 11.5 Å². The summed E-state index contributed by atoms with van der Waals surface area (Å²) in [6.07, 6.45) is 1.73. The smallest absolute Gasteiger partial charge is 0.250 e. The van der Waals surface area contributed by atoms with E-state index < -0.39 is 5.91 Å². The van der Waals surface area contributed by atoms with Gasteiger partial charge in [0.15, 0.2) is 0 Å². The number of nitrogens with one attached hydrogen (secondary N) is 1. The van der Waals surface area contributed by atoms with E-state index in [0.29, 0.717) is 17.8 Å². The van der Waals surface area contributed by atoms with Gasteiger partial charge in [-0.1, -0.05) is 0 Å². The van der Waals surface area contributed by atoms with E-state index in [0.717, 1.165) is 11.4 Å². The topological polar surface area (TPSA) is 99.0 Å². The number of nitrogens with two attached hydrogens (primary N) is 2. The molecule has 0 aliphatic carbocycles. The van der Waals surface area contributed by atoms with E-state index in [-0.39, 0.29) is 0 Å². The number of aromatic nitrogens is 2. The monoisotopic (exact) mass is 245 g/mol. The highest BCUT2D eigenvalue weighted by atomic mass is 16.1. The first kappa shape index (κ1) is 12.0.